The molecule has 0 heterocycles. The van der Waals surface area contributed by atoms with Crippen molar-refractivity contribution in [2.45, 2.75) is 52.4 Å². The molecular weight excluding hydrogens is 188 g/mol. The minimum absolute atomic E-state index is 0.0927. The molecule has 0 aromatic rings. The average Bonchev–Trinajstić information content (AvgIpc) is 2.22. The first-order chi connectivity index (χ1) is 7.24. The van der Waals surface area contributed by atoms with Gasteiger partial charge in [0.1, 0.15) is 0 Å². The van der Waals surface area contributed by atoms with Gasteiger partial charge in [0.15, 0.2) is 0 Å². The SMILES string of the molecule is CCCCC(CCC)CNC(=O)CCN. The van der Waals surface area contributed by atoms with Crippen molar-refractivity contribution in [3.63, 3.8) is 0 Å². The third-order valence-electron chi connectivity index (χ3n) is 2.62. The van der Waals surface area contributed by atoms with Crippen LogP contribution in [-0.2, 0) is 4.79 Å². The van der Waals surface area contributed by atoms with Crippen molar-refractivity contribution in [1.82, 2.24) is 5.32 Å². The van der Waals surface area contributed by atoms with Gasteiger partial charge in [0.25, 0.3) is 0 Å². The van der Waals surface area contributed by atoms with E-state index in [1.165, 1.54) is 32.1 Å². The molecule has 0 aromatic heterocycles. The summed E-state index contributed by atoms with van der Waals surface area (Å²) in [5.41, 5.74) is 5.31. The van der Waals surface area contributed by atoms with E-state index in [4.69, 9.17) is 5.73 Å². The number of nitrogens with two attached hydrogens (primary N) is 1. The first-order valence-corrected chi connectivity index (χ1v) is 6.21. The van der Waals surface area contributed by atoms with E-state index in [0.717, 1.165) is 6.54 Å². The van der Waals surface area contributed by atoms with Gasteiger partial charge in [-0.25, -0.2) is 0 Å². The molecule has 90 valence electrons. The van der Waals surface area contributed by atoms with Crippen LogP contribution in [0.4, 0.5) is 0 Å². The summed E-state index contributed by atoms with van der Waals surface area (Å²) in [6.07, 6.45) is 6.58. The molecule has 3 nitrogen and oxygen atoms in total. The lowest BCUT2D eigenvalue weighted by molar-refractivity contribution is -0.121. The summed E-state index contributed by atoms with van der Waals surface area (Å²) in [6, 6.07) is 0. The van der Waals surface area contributed by atoms with Gasteiger partial charge in [-0.1, -0.05) is 33.1 Å². The van der Waals surface area contributed by atoms with Crippen LogP contribution in [0.3, 0.4) is 0 Å². The van der Waals surface area contributed by atoms with Crippen LogP contribution >= 0.6 is 0 Å². The topological polar surface area (TPSA) is 55.1 Å². The van der Waals surface area contributed by atoms with E-state index >= 15 is 0 Å². The number of amides is 1. The molecule has 0 aliphatic carbocycles. The minimum atomic E-state index is 0.0927. The lowest BCUT2D eigenvalue weighted by Crippen LogP contribution is -2.30. The Balaban J connectivity index is 3.68. The fourth-order valence-corrected chi connectivity index (χ4v) is 1.73. The van der Waals surface area contributed by atoms with E-state index in [1.54, 1.807) is 0 Å². The predicted molar refractivity (Wildman–Crippen MR) is 64.6 cm³/mol. The second kappa shape index (κ2) is 9.97. The van der Waals surface area contributed by atoms with Crippen LogP contribution in [0.1, 0.15) is 52.4 Å². The van der Waals surface area contributed by atoms with E-state index < -0.39 is 0 Å². The maximum atomic E-state index is 11.2. The van der Waals surface area contributed by atoms with Crippen molar-refractivity contribution in [1.29, 1.82) is 0 Å². The zero-order valence-electron chi connectivity index (χ0n) is 10.2. The van der Waals surface area contributed by atoms with Gasteiger partial charge < -0.3 is 11.1 Å². The van der Waals surface area contributed by atoms with Gasteiger partial charge >= 0.3 is 0 Å². The number of hydrogen-bond acceptors (Lipinski definition) is 2. The maximum Gasteiger partial charge on any atom is 0.221 e. The molecule has 0 bridgehead atoms. The van der Waals surface area contributed by atoms with Gasteiger partial charge in [0.05, 0.1) is 0 Å². The summed E-state index contributed by atoms with van der Waals surface area (Å²) in [6.45, 7) is 5.67. The Hall–Kier alpha value is -0.570. The molecule has 0 radical (unpaired) electrons. The second-order valence-electron chi connectivity index (χ2n) is 4.14. The molecule has 0 aliphatic heterocycles. The van der Waals surface area contributed by atoms with Crippen LogP contribution in [0.15, 0.2) is 0 Å². The molecule has 0 rings (SSSR count). The Labute approximate surface area is 93.8 Å². The van der Waals surface area contributed by atoms with E-state index in [1.807, 2.05) is 0 Å². The van der Waals surface area contributed by atoms with Gasteiger partial charge in [0.2, 0.25) is 5.91 Å². The van der Waals surface area contributed by atoms with Gasteiger partial charge in [0, 0.05) is 19.5 Å². The smallest absolute Gasteiger partial charge is 0.221 e. The normalized spacial score (nSPS) is 12.5. The summed E-state index contributed by atoms with van der Waals surface area (Å²) in [4.78, 5) is 11.2. The van der Waals surface area contributed by atoms with Crippen molar-refractivity contribution >= 4 is 5.91 Å². The number of rotatable bonds is 9. The van der Waals surface area contributed by atoms with Crippen LogP contribution in [0.2, 0.25) is 0 Å². The van der Waals surface area contributed by atoms with E-state index in [0.29, 0.717) is 18.9 Å². The van der Waals surface area contributed by atoms with Gasteiger partial charge in [-0.15, -0.1) is 0 Å². The summed E-state index contributed by atoms with van der Waals surface area (Å²) in [7, 11) is 0. The largest absolute Gasteiger partial charge is 0.356 e. The molecule has 0 saturated carbocycles. The van der Waals surface area contributed by atoms with E-state index in [-0.39, 0.29) is 5.91 Å². The van der Waals surface area contributed by atoms with Crippen molar-refractivity contribution in [3.8, 4) is 0 Å². The number of carbonyl (C=O) groups is 1. The Morgan fingerprint density at radius 3 is 2.53 bits per heavy atom. The Morgan fingerprint density at radius 2 is 2.00 bits per heavy atom. The zero-order chi connectivity index (χ0) is 11.5. The van der Waals surface area contributed by atoms with Gasteiger partial charge in [-0.2, -0.15) is 0 Å². The van der Waals surface area contributed by atoms with Gasteiger partial charge in [-0.3, -0.25) is 4.79 Å². The third kappa shape index (κ3) is 8.43. The van der Waals surface area contributed by atoms with Crippen LogP contribution in [0.5, 0.6) is 0 Å². The van der Waals surface area contributed by atoms with Gasteiger partial charge in [-0.05, 0) is 18.8 Å². The van der Waals surface area contributed by atoms with Crippen LogP contribution in [-0.4, -0.2) is 19.0 Å². The Morgan fingerprint density at radius 1 is 1.27 bits per heavy atom. The first-order valence-electron chi connectivity index (χ1n) is 6.21. The van der Waals surface area contributed by atoms with Crippen molar-refractivity contribution in [2.75, 3.05) is 13.1 Å². The van der Waals surface area contributed by atoms with E-state index in [9.17, 15) is 4.79 Å². The molecule has 0 spiro atoms. The lowest BCUT2D eigenvalue weighted by Gasteiger charge is -2.16. The molecule has 1 unspecified atom stereocenters. The maximum absolute atomic E-state index is 11.2. The molecule has 3 heteroatoms. The summed E-state index contributed by atoms with van der Waals surface area (Å²) >= 11 is 0. The summed E-state index contributed by atoms with van der Waals surface area (Å²) < 4.78 is 0. The highest BCUT2D eigenvalue weighted by Gasteiger charge is 2.08. The standard InChI is InChI=1S/C12H26N2O/c1-3-5-7-11(6-4-2)10-14-12(15)8-9-13/h11H,3-10,13H2,1-2H3,(H,14,15). The second-order valence-corrected chi connectivity index (χ2v) is 4.14. The number of nitrogens with one attached hydrogen (secondary N) is 1. The van der Waals surface area contributed by atoms with Crippen molar-refractivity contribution < 1.29 is 4.79 Å². The lowest BCUT2D eigenvalue weighted by atomic mass is 9.97. The molecule has 0 aliphatic rings. The van der Waals surface area contributed by atoms with Crippen molar-refractivity contribution in [3.05, 3.63) is 0 Å². The van der Waals surface area contributed by atoms with E-state index in [2.05, 4.69) is 19.2 Å². The molecule has 3 N–H and O–H groups in total. The van der Waals surface area contributed by atoms with Crippen molar-refractivity contribution in [2.24, 2.45) is 11.7 Å². The highest BCUT2D eigenvalue weighted by Crippen LogP contribution is 2.13. The fourth-order valence-electron chi connectivity index (χ4n) is 1.73. The average molecular weight is 214 g/mol. The highest BCUT2D eigenvalue weighted by molar-refractivity contribution is 5.75. The van der Waals surface area contributed by atoms with Crippen LogP contribution in [0, 0.1) is 5.92 Å². The Bertz CT molecular complexity index is 160. The molecule has 1 amide bonds. The molecule has 0 saturated heterocycles. The predicted octanol–water partition coefficient (Wildman–Crippen LogP) is 2.06. The molecule has 0 aromatic carbocycles. The quantitative estimate of drug-likeness (QED) is 0.617. The van der Waals surface area contributed by atoms with Crippen LogP contribution in [0.25, 0.3) is 0 Å². The monoisotopic (exact) mass is 214 g/mol. The zero-order valence-corrected chi connectivity index (χ0v) is 10.2. The number of hydrogen-bond donors (Lipinski definition) is 2. The summed E-state index contributed by atoms with van der Waals surface area (Å²) in [5.74, 6) is 0.742. The first kappa shape index (κ1) is 14.4. The molecule has 0 fully saturated rings. The molecule has 15 heavy (non-hydrogen) atoms. The Kier molecular flexibility index (Phi) is 9.59. The minimum Gasteiger partial charge on any atom is -0.356 e. The molecule has 1 atom stereocenters. The number of unbranched alkanes of at least 4 members (excludes halogenated alkanes) is 1. The number of carbonyl (C=O) groups excluding carboxylic acids is 1. The van der Waals surface area contributed by atoms with Crippen LogP contribution < -0.4 is 11.1 Å². The summed E-state index contributed by atoms with van der Waals surface area (Å²) in [5, 5.41) is 2.96. The molecular formula is C12H26N2O. The fraction of sp³-hybridized carbons (Fsp3) is 0.917. The third-order valence-corrected chi connectivity index (χ3v) is 2.62. The highest BCUT2D eigenvalue weighted by atomic mass is 16.1.